The number of carbonyl (C=O) groups excluding carboxylic acids is 1. The van der Waals surface area contributed by atoms with Crippen LogP contribution in [0, 0.1) is 0 Å². The van der Waals surface area contributed by atoms with E-state index in [0.29, 0.717) is 13.0 Å². The zero-order chi connectivity index (χ0) is 15.5. The Morgan fingerprint density at radius 3 is 2.71 bits per heavy atom. The van der Waals surface area contributed by atoms with E-state index in [-0.39, 0.29) is 11.8 Å². The van der Waals surface area contributed by atoms with Crippen LogP contribution in [-0.2, 0) is 9.53 Å². The summed E-state index contributed by atoms with van der Waals surface area (Å²) >= 11 is 0. The van der Waals surface area contributed by atoms with Crippen LogP contribution in [0.1, 0.15) is 6.42 Å². The van der Waals surface area contributed by atoms with Crippen LogP contribution < -0.4 is 15.4 Å². The van der Waals surface area contributed by atoms with E-state index in [1.165, 1.54) is 18.2 Å². The van der Waals surface area contributed by atoms with Gasteiger partial charge in [-0.25, -0.2) is 0 Å². The Bertz CT molecular complexity index is 508. The van der Waals surface area contributed by atoms with E-state index >= 15 is 0 Å². The number of para-hydroxylation sites is 2. The fourth-order valence-electron chi connectivity index (χ4n) is 2.09. The molecule has 1 amide bonds. The van der Waals surface area contributed by atoms with Crippen LogP contribution in [0.15, 0.2) is 24.3 Å². The third-order valence-electron chi connectivity index (χ3n) is 3.11. The number of ether oxygens (including phenoxy) is 2. The molecule has 2 unspecified atom stereocenters. The van der Waals surface area contributed by atoms with Crippen molar-refractivity contribution in [2.24, 2.45) is 0 Å². The number of nitrogens with one attached hydrogen (secondary N) is 2. The van der Waals surface area contributed by atoms with Crippen LogP contribution in [0.25, 0.3) is 0 Å². The summed E-state index contributed by atoms with van der Waals surface area (Å²) in [5.41, 5.74) is -0.0255. The molecular weight excluding hydrogens is 289 g/mol. The maximum absolute atomic E-state index is 12.3. The molecule has 1 aromatic rings. The van der Waals surface area contributed by atoms with Crippen LogP contribution in [0.5, 0.6) is 5.75 Å². The van der Waals surface area contributed by atoms with Gasteiger partial charge < -0.3 is 20.1 Å². The summed E-state index contributed by atoms with van der Waals surface area (Å²) < 4.78 is 45.9. The molecule has 0 saturated carbocycles. The summed E-state index contributed by atoms with van der Waals surface area (Å²) in [4.78, 5) is 12.0. The standard InChI is InChI=1S/C13H15F3N2O3/c1-20-8-6-10(17-7-8)12(19)18-9-4-2-3-5-11(9)21-13(14,15)16/h2-5,8,10,17H,6-7H2,1H3,(H,18,19). The van der Waals surface area contributed by atoms with Gasteiger partial charge in [-0.05, 0) is 18.6 Å². The molecule has 2 N–H and O–H groups in total. The molecule has 1 heterocycles. The first-order valence-electron chi connectivity index (χ1n) is 6.31. The third-order valence-corrected chi connectivity index (χ3v) is 3.11. The van der Waals surface area contributed by atoms with Crippen molar-refractivity contribution in [3.8, 4) is 5.75 Å². The SMILES string of the molecule is COC1CNC(C(=O)Nc2ccccc2OC(F)(F)F)C1. The van der Waals surface area contributed by atoms with Gasteiger partial charge in [0.15, 0.2) is 5.75 Å². The Labute approximate surface area is 119 Å². The van der Waals surface area contributed by atoms with E-state index < -0.39 is 24.1 Å². The van der Waals surface area contributed by atoms with Gasteiger partial charge in [0, 0.05) is 13.7 Å². The number of amides is 1. The highest BCUT2D eigenvalue weighted by Crippen LogP contribution is 2.30. The maximum Gasteiger partial charge on any atom is 0.573 e. The molecule has 1 fully saturated rings. The minimum absolute atomic E-state index is 0.0255. The van der Waals surface area contributed by atoms with Gasteiger partial charge in [-0.1, -0.05) is 12.1 Å². The summed E-state index contributed by atoms with van der Waals surface area (Å²) in [5, 5.41) is 5.38. The largest absolute Gasteiger partial charge is 0.573 e. The Kier molecular flexibility index (Phi) is 4.69. The van der Waals surface area contributed by atoms with E-state index in [2.05, 4.69) is 15.4 Å². The average Bonchev–Trinajstić information content (AvgIpc) is 2.88. The highest BCUT2D eigenvalue weighted by Gasteiger charge is 2.33. The van der Waals surface area contributed by atoms with Crippen LogP contribution in [0.2, 0.25) is 0 Å². The first kappa shape index (κ1) is 15.6. The quantitative estimate of drug-likeness (QED) is 0.892. The molecule has 0 radical (unpaired) electrons. The van der Waals surface area contributed by atoms with Crippen molar-refractivity contribution >= 4 is 11.6 Å². The third kappa shape index (κ3) is 4.33. The molecule has 5 nitrogen and oxygen atoms in total. The lowest BCUT2D eigenvalue weighted by atomic mass is 10.2. The van der Waals surface area contributed by atoms with E-state index in [9.17, 15) is 18.0 Å². The van der Waals surface area contributed by atoms with Crippen LogP contribution in [-0.4, -0.2) is 38.1 Å². The second-order valence-electron chi connectivity index (χ2n) is 4.59. The summed E-state index contributed by atoms with van der Waals surface area (Å²) in [6.07, 6.45) is -4.43. The van der Waals surface area contributed by atoms with Crippen LogP contribution >= 0.6 is 0 Å². The zero-order valence-electron chi connectivity index (χ0n) is 11.2. The first-order valence-corrected chi connectivity index (χ1v) is 6.31. The smallest absolute Gasteiger partial charge is 0.404 e. The molecule has 21 heavy (non-hydrogen) atoms. The second-order valence-corrected chi connectivity index (χ2v) is 4.59. The topological polar surface area (TPSA) is 59.6 Å². The molecule has 2 rings (SSSR count). The van der Waals surface area contributed by atoms with Gasteiger partial charge in [0.1, 0.15) is 0 Å². The Hall–Kier alpha value is -1.80. The molecule has 116 valence electrons. The summed E-state index contributed by atoms with van der Waals surface area (Å²) in [6, 6.07) is 4.89. The lowest BCUT2D eigenvalue weighted by Gasteiger charge is -2.16. The number of hydrogen-bond donors (Lipinski definition) is 2. The fourth-order valence-corrected chi connectivity index (χ4v) is 2.09. The van der Waals surface area contributed by atoms with E-state index in [0.717, 1.165) is 6.07 Å². The predicted molar refractivity (Wildman–Crippen MR) is 69.0 cm³/mol. The number of methoxy groups -OCH3 is 1. The Morgan fingerprint density at radius 2 is 2.10 bits per heavy atom. The molecule has 0 spiro atoms. The van der Waals surface area contributed by atoms with Crippen molar-refractivity contribution in [2.75, 3.05) is 19.0 Å². The molecule has 8 heteroatoms. The maximum atomic E-state index is 12.3. The van der Waals surface area contributed by atoms with Gasteiger partial charge in [0.2, 0.25) is 5.91 Å². The van der Waals surface area contributed by atoms with Gasteiger partial charge in [0.25, 0.3) is 0 Å². The number of rotatable bonds is 4. The zero-order valence-corrected chi connectivity index (χ0v) is 11.2. The van der Waals surface area contributed by atoms with Gasteiger partial charge in [0.05, 0.1) is 17.8 Å². The number of anilines is 1. The molecule has 0 aromatic heterocycles. The van der Waals surface area contributed by atoms with Crippen LogP contribution in [0.3, 0.4) is 0 Å². The summed E-state index contributed by atoms with van der Waals surface area (Å²) in [7, 11) is 1.54. The average molecular weight is 304 g/mol. The molecule has 1 saturated heterocycles. The number of alkyl halides is 3. The Morgan fingerprint density at radius 1 is 1.38 bits per heavy atom. The second kappa shape index (κ2) is 6.31. The number of halogens is 3. The van der Waals surface area contributed by atoms with Gasteiger partial charge in [-0.15, -0.1) is 13.2 Å². The normalized spacial score (nSPS) is 22.1. The number of hydrogen-bond acceptors (Lipinski definition) is 4. The van der Waals surface area contributed by atoms with Crippen molar-refractivity contribution < 1.29 is 27.4 Å². The highest BCUT2D eigenvalue weighted by molar-refractivity contribution is 5.96. The molecule has 1 aliphatic heterocycles. The first-order chi connectivity index (χ1) is 9.89. The summed E-state index contributed by atoms with van der Waals surface area (Å²) in [6.45, 7) is 0.523. The summed E-state index contributed by atoms with van der Waals surface area (Å²) in [5.74, 6) is -0.868. The van der Waals surface area contributed by atoms with Gasteiger partial charge in [-0.2, -0.15) is 0 Å². The fraction of sp³-hybridized carbons (Fsp3) is 0.462. The van der Waals surface area contributed by atoms with Crippen molar-refractivity contribution in [3.63, 3.8) is 0 Å². The lowest BCUT2D eigenvalue weighted by molar-refractivity contribution is -0.274. The van der Waals surface area contributed by atoms with Crippen molar-refractivity contribution in [3.05, 3.63) is 24.3 Å². The molecule has 0 bridgehead atoms. The number of carbonyl (C=O) groups is 1. The molecule has 0 aliphatic carbocycles. The van der Waals surface area contributed by atoms with Gasteiger partial charge >= 0.3 is 6.36 Å². The van der Waals surface area contributed by atoms with Crippen molar-refractivity contribution in [1.82, 2.24) is 5.32 Å². The van der Waals surface area contributed by atoms with Gasteiger partial charge in [-0.3, -0.25) is 4.79 Å². The molecular formula is C13H15F3N2O3. The Balaban J connectivity index is 2.04. The monoisotopic (exact) mass is 304 g/mol. The predicted octanol–water partition coefficient (Wildman–Crippen LogP) is 1.90. The van der Waals surface area contributed by atoms with E-state index in [1.807, 2.05) is 0 Å². The molecule has 1 aromatic carbocycles. The van der Waals surface area contributed by atoms with Crippen LogP contribution in [0.4, 0.5) is 18.9 Å². The molecule has 2 atom stereocenters. The van der Waals surface area contributed by atoms with Crippen molar-refractivity contribution in [2.45, 2.75) is 24.9 Å². The molecule has 1 aliphatic rings. The lowest BCUT2D eigenvalue weighted by Crippen LogP contribution is -2.35. The number of benzene rings is 1. The van der Waals surface area contributed by atoms with Crippen molar-refractivity contribution in [1.29, 1.82) is 0 Å². The van der Waals surface area contributed by atoms with E-state index in [1.54, 1.807) is 7.11 Å². The minimum Gasteiger partial charge on any atom is -0.404 e. The van der Waals surface area contributed by atoms with E-state index in [4.69, 9.17) is 4.74 Å². The minimum atomic E-state index is -4.81. The highest BCUT2D eigenvalue weighted by atomic mass is 19.4.